The summed E-state index contributed by atoms with van der Waals surface area (Å²) in [6.07, 6.45) is -0.807. The normalized spacial score (nSPS) is 30.7. The largest absolute Gasteiger partial charge is 0.298 e. The summed E-state index contributed by atoms with van der Waals surface area (Å²) in [5.74, 6) is 0. The lowest BCUT2D eigenvalue weighted by Crippen LogP contribution is -2.48. The van der Waals surface area contributed by atoms with Crippen LogP contribution >= 0.6 is 0 Å². The Morgan fingerprint density at radius 2 is 2.56 bits per heavy atom. The standard InChI is InChI=1S/C6H13FN2/c1-2-9-4-3-8-6(7)5-9/h6,8H,2-5H2,1H3. The SMILES string of the molecule is CCN1CCNC(F)C1. The van der Waals surface area contributed by atoms with Gasteiger partial charge in [-0.1, -0.05) is 6.92 Å². The first-order valence-electron chi connectivity index (χ1n) is 3.42. The van der Waals surface area contributed by atoms with E-state index in [-0.39, 0.29) is 0 Å². The molecule has 1 aliphatic heterocycles. The van der Waals surface area contributed by atoms with Gasteiger partial charge in [-0.2, -0.15) is 0 Å². The molecule has 1 rings (SSSR count). The highest BCUT2D eigenvalue weighted by Gasteiger charge is 2.15. The third-order valence-corrected chi connectivity index (χ3v) is 1.66. The van der Waals surface area contributed by atoms with E-state index in [9.17, 15) is 4.39 Å². The fraction of sp³-hybridized carbons (Fsp3) is 1.00. The van der Waals surface area contributed by atoms with Crippen LogP contribution in [0.25, 0.3) is 0 Å². The Hall–Kier alpha value is -0.150. The lowest BCUT2D eigenvalue weighted by molar-refractivity contribution is 0.129. The molecule has 54 valence electrons. The predicted octanol–water partition coefficient (Wildman–Crippen LogP) is 0.207. The summed E-state index contributed by atoms with van der Waals surface area (Å²) in [5, 5.41) is 2.74. The van der Waals surface area contributed by atoms with Gasteiger partial charge in [0.2, 0.25) is 0 Å². The van der Waals surface area contributed by atoms with Crippen molar-refractivity contribution in [1.82, 2.24) is 10.2 Å². The molecule has 0 radical (unpaired) electrons. The molecule has 0 saturated carbocycles. The van der Waals surface area contributed by atoms with E-state index >= 15 is 0 Å². The van der Waals surface area contributed by atoms with E-state index in [1.54, 1.807) is 0 Å². The average molecular weight is 132 g/mol. The zero-order valence-electron chi connectivity index (χ0n) is 5.73. The van der Waals surface area contributed by atoms with Gasteiger partial charge < -0.3 is 0 Å². The average Bonchev–Trinajstić information content (AvgIpc) is 1.88. The summed E-state index contributed by atoms with van der Waals surface area (Å²) in [5.41, 5.74) is 0. The van der Waals surface area contributed by atoms with Gasteiger partial charge in [0.15, 0.2) is 6.30 Å². The van der Waals surface area contributed by atoms with Gasteiger partial charge in [0.1, 0.15) is 0 Å². The minimum Gasteiger partial charge on any atom is -0.298 e. The Labute approximate surface area is 55.0 Å². The van der Waals surface area contributed by atoms with Crippen LogP contribution in [0.4, 0.5) is 4.39 Å². The highest BCUT2D eigenvalue weighted by Crippen LogP contribution is 1.97. The Morgan fingerprint density at radius 3 is 3.00 bits per heavy atom. The molecule has 0 spiro atoms. The molecule has 3 heteroatoms. The number of alkyl halides is 1. The van der Waals surface area contributed by atoms with Crippen molar-refractivity contribution in [2.24, 2.45) is 0 Å². The molecule has 1 heterocycles. The Bertz CT molecular complexity index is 87.1. The smallest absolute Gasteiger partial charge is 0.164 e. The van der Waals surface area contributed by atoms with Gasteiger partial charge >= 0.3 is 0 Å². The number of hydrogen-bond donors (Lipinski definition) is 1. The van der Waals surface area contributed by atoms with Crippen molar-refractivity contribution in [1.29, 1.82) is 0 Å². The molecule has 0 aromatic heterocycles. The lowest BCUT2D eigenvalue weighted by atomic mass is 10.3. The van der Waals surface area contributed by atoms with Gasteiger partial charge in [-0.3, -0.25) is 10.2 Å². The van der Waals surface area contributed by atoms with E-state index < -0.39 is 6.30 Å². The van der Waals surface area contributed by atoms with E-state index in [1.165, 1.54) is 0 Å². The molecular weight excluding hydrogens is 119 g/mol. The van der Waals surface area contributed by atoms with Gasteiger partial charge in [-0.05, 0) is 6.54 Å². The molecule has 1 saturated heterocycles. The highest BCUT2D eigenvalue weighted by molar-refractivity contribution is 4.69. The summed E-state index contributed by atoms with van der Waals surface area (Å²) < 4.78 is 12.5. The number of rotatable bonds is 1. The van der Waals surface area contributed by atoms with Crippen LogP contribution in [0.15, 0.2) is 0 Å². The van der Waals surface area contributed by atoms with Gasteiger partial charge in [-0.15, -0.1) is 0 Å². The van der Waals surface area contributed by atoms with Crippen LogP contribution in [0.2, 0.25) is 0 Å². The Morgan fingerprint density at radius 1 is 1.78 bits per heavy atom. The van der Waals surface area contributed by atoms with Gasteiger partial charge in [0.25, 0.3) is 0 Å². The number of halogens is 1. The van der Waals surface area contributed by atoms with Crippen molar-refractivity contribution in [3.8, 4) is 0 Å². The topological polar surface area (TPSA) is 15.3 Å². The summed E-state index contributed by atoms with van der Waals surface area (Å²) in [6.45, 7) is 5.34. The molecule has 1 fully saturated rings. The molecule has 9 heavy (non-hydrogen) atoms. The highest BCUT2D eigenvalue weighted by atomic mass is 19.1. The molecule has 1 atom stereocenters. The van der Waals surface area contributed by atoms with Crippen LogP contribution in [-0.4, -0.2) is 37.4 Å². The molecule has 0 bridgehead atoms. The second-order valence-electron chi connectivity index (χ2n) is 2.31. The molecule has 1 aliphatic rings. The van der Waals surface area contributed by atoms with E-state index in [2.05, 4.69) is 17.1 Å². The monoisotopic (exact) mass is 132 g/mol. The fourth-order valence-electron chi connectivity index (χ4n) is 1.05. The van der Waals surface area contributed by atoms with Crippen LogP contribution in [-0.2, 0) is 0 Å². The molecule has 1 N–H and O–H groups in total. The molecule has 0 amide bonds. The third kappa shape index (κ3) is 1.91. The number of likely N-dealkylation sites (N-methyl/N-ethyl adjacent to an activating group) is 1. The van der Waals surface area contributed by atoms with Gasteiger partial charge in [0.05, 0.1) is 0 Å². The summed E-state index contributed by atoms with van der Waals surface area (Å²) in [7, 11) is 0. The minimum atomic E-state index is -0.807. The maximum absolute atomic E-state index is 12.5. The second-order valence-corrected chi connectivity index (χ2v) is 2.31. The predicted molar refractivity (Wildman–Crippen MR) is 35.0 cm³/mol. The van der Waals surface area contributed by atoms with Crippen LogP contribution in [0.5, 0.6) is 0 Å². The van der Waals surface area contributed by atoms with Crippen LogP contribution < -0.4 is 5.32 Å². The molecule has 2 nitrogen and oxygen atoms in total. The van der Waals surface area contributed by atoms with Crippen molar-refractivity contribution in [3.63, 3.8) is 0 Å². The Balaban J connectivity index is 2.23. The van der Waals surface area contributed by atoms with Crippen molar-refractivity contribution in [2.75, 3.05) is 26.2 Å². The van der Waals surface area contributed by atoms with E-state index in [1.807, 2.05) is 0 Å². The number of hydrogen-bond acceptors (Lipinski definition) is 2. The zero-order chi connectivity index (χ0) is 6.69. The van der Waals surface area contributed by atoms with E-state index in [0.717, 1.165) is 19.6 Å². The Kier molecular flexibility index (Phi) is 2.42. The summed E-state index contributed by atoms with van der Waals surface area (Å²) >= 11 is 0. The quantitative estimate of drug-likeness (QED) is 0.513. The first kappa shape index (κ1) is 6.96. The molecule has 1 unspecified atom stereocenters. The van der Waals surface area contributed by atoms with Crippen molar-refractivity contribution in [3.05, 3.63) is 0 Å². The maximum Gasteiger partial charge on any atom is 0.164 e. The van der Waals surface area contributed by atoms with Crippen molar-refractivity contribution < 1.29 is 4.39 Å². The molecule has 0 aromatic carbocycles. The maximum atomic E-state index is 12.5. The summed E-state index contributed by atoms with van der Waals surface area (Å²) in [6, 6.07) is 0. The van der Waals surface area contributed by atoms with Crippen LogP contribution in [0.3, 0.4) is 0 Å². The van der Waals surface area contributed by atoms with E-state index in [0.29, 0.717) is 6.54 Å². The van der Waals surface area contributed by atoms with Crippen molar-refractivity contribution in [2.45, 2.75) is 13.2 Å². The molecule has 0 aromatic rings. The van der Waals surface area contributed by atoms with Gasteiger partial charge in [0, 0.05) is 19.6 Å². The first-order chi connectivity index (χ1) is 4.33. The zero-order valence-corrected chi connectivity index (χ0v) is 5.73. The third-order valence-electron chi connectivity index (χ3n) is 1.66. The summed E-state index contributed by atoms with van der Waals surface area (Å²) in [4.78, 5) is 2.10. The van der Waals surface area contributed by atoms with Crippen molar-refractivity contribution >= 4 is 0 Å². The fourth-order valence-corrected chi connectivity index (χ4v) is 1.05. The lowest BCUT2D eigenvalue weighted by Gasteiger charge is -2.28. The first-order valence-corrected chi connectivity index (χ1v) is 3.42. The molecular formula is C6H13FN2. The number of nitrogens with one attached hydrogen (secondary N) is 1. The molecule has 0 aliphatic carbocycles. The minimum absolute atomic E-state index is 0.552. The number of piperazine rings is 1. The second kappa shape index (κ2) is 3.13. The number of nitrogens with zero attached hydrogens (tertiary/aromatic N) is 1. The van der Waals surface area contributed by atoms with Crippen LogP contribution in [0, 0.1) is 0 Å². The van der Waals surface area contributed by atoms with E-state index in [4.69, 9.17) is 0 Å². The van der Waals surface area contributed by atoms with Gasteiger partial charge in [-0.25, -0.2) is 4.39 Å². The van der Waals surface area contributed by atoms with Crippen LogP contribution in [0.1, 0.15) is 6.92 Å².